The highest BCUT2D eigenvalue weighted by Crippen LogP contribution is 2.27. The monoisotopic (exact) mass is 217 g/mol. The highest BCUT2D eigenvalue weighted by molar-refractivity contribution is 5.38. The highest BCUT2D eigenvalue weighted by atomic mass is 15.2. The largest absolute Gasteiger partial charge is 0.294 e. The first kappa shape index (κ1) is 13.0. The van der Waals surface area contributed by atoms with E-state index < -0.39 is 0 Å². The van der Waals surface area contributed by atoms with E-state index in [1.165, 1.54) is 11.1 Å². The lowest BCUT2D eigenvalue weighted by Gasteiger charge is -2.40. The molecule has 1 fully saturated rings. The predicted octanol–water partition coefficient (Wildman–Crippen LogP) is 3.72. The van der Waals surface area contributed by atoms with Gasteiger partial charge < -0.3 is 0 Å². The number of allylic oxidation sites excluding steroid dienone is 4. The van der Waals surface area contributed by atoms with E-state index in [4.69, 9.17) is 0 Å². The van der Waals surface area contributed by atoms with Gasteiger partial charge in [0, 0.05) is 18.6 Å². The van der Waals surface area contributed by atoms with Crippen LogP contribution in [0.4, 0.5) is 0 Å². The average Bonchev–Trinajstić information content (AvgIpc) is 2.19. The van der Waals surface area contributed by atoms with E-state index in [-0.39, 0.29) is 5.54 Å². The van der Waals surface area contributed by atoms with Gasteiger partial charge in [-0.2, -0.15) is 0 Å². The maximum atomic E-state index is 3.79. The first-order valence-corrected chi connectivity index (χ1v) is 5.87. The first-order chi connectivity index (χ1) is 7.49. The smallest absolute Gasteiger partial charge is 0.0241 e. The van der Waals surface area contributed by atoms with Crippen LogP contribution in [0.15, 0.2) is 48.6 Å². The number of rotatable bonds is 2. The number of hydrogen-bond donors (Lipinski definition) is 0. The summed E-state index contributed by atoms with van der Waals surface area (Å²) in [5.41, 5.74) is 3.01. The van der Waals surface area contributed by atoms with Crippen molar-refractivity contribution in [2.45, 2.75) is 32.7 Å². The van der Waals surface area contributed by atoms with Crippen LogP contribution in [0, 0.1) is 0 Å². The van der Waals surface area contributed by atoms with Crippen molar-refractivity contribution in [2.75, 3.05) is 13.1 Å². The molecule has 0 unspecified atom stereocenters. The van der Waals surface area contributed by atoms with Crippen molar-refractivity contribution in [2.24, 2.45) is 0 Å². The molecule has 1 saturated heterocycles. The van der Waals surface area contributed by atoms with Gasteiger partial charge in [-0.3, -0.25) is 4.90 Å². The Morgan fingerprint density at radius 1 is 1.06 bits per heavy atom. The topological polar surface area (TPSA) is 3.24 Å². The number of likely N-dealkylation sites (tertiary alicyclic amines) is 1. The fourth-order valence-corrected chi connectivity index (χ4v) is 2.01. The SMILES string of the molecule is C=C/C=C1/CCN(C(C)(C)C)C/C1=C/C=C. The number of hydrogen-bond acceptors (Lipinski definition) is 1. The van der Waals surface area contributed by atoms with Crippen molar-refractivity contribution >= 4 is 0 Å². The molecule has 1 heteroatoms. The third kappa shape index (κ3) is 3.21. The first-order valence-electron chi connectivity index (χ1n) is 5.87. The molecule has 0 spiro atoms. The van der Waals surface area contributed by atoms with Crippen LogP contribution >= 0.6 is 0 Å². The van der Waals surface area contributed by atoms with Gasteiger partial charge in [-0.25, -0.2) is 0 Å². The highest BCUT2D eigenvalue weighted by Gasteiger charge is 2.26. The summed E-state index contributed by atoms with van der Waals surface area (Å²) < 4.78 is 0. The van der Waals surface area contributed by atoms with Crippen molar-refractivity contribution in [3.05, 3.63) is 48.6 Å². The summed E-state index contributed by atoms with van der Waals surface area (Å²) in [4.78, 5) is 2.50. The summed E-state index contributed by atoms with van der Waals surface area (Å²) in [5, 5.41) is 0. The molecule has 16 heavy (non-hydrogen) atoms. The van der Waals surface area contributed by atoms with E-state index in [1.54, 1.807) is 0 Å². The number of piperidine rings is 1. The zero-order valence-corrected chi connectivity index (χ0v) is 10.8. The lowest BCUT2D eigenvalue weighted by Crippen LogP contribution is -2.45. The molecule has 1 nitrogen and oxygen atoms in total. The molecule has 0 aromatic rings. The van der Waals surface area contributed by atoms with Gasteiger partial charge in [0.25, 0.3) is 0 Å². The van der Waals surface area contributed by atoms with Crippen LogP contribution in [0.2, 0.25) is 0 Å². The quantitative estimate of drug-likeness (QED) is 0.681. The minimum atomic E-state index is 0.236. The van der Waals surface area contributed by atoms with E-state index in [0.29, 0.717) is 0 Å². The standard InChI is InChI=1S/C15H23N/c1-6-8-13-10-11-16(15(3,4)5)12-14(13)9-7-2/h6-9H,1-2,10-12H2,3-5H3/b13-8-,14-9-. The van der Waals surface area contributed by atoms with Crippen LogP contribution in [0.1, 0.15) is 27.2 Å². The van der Waals surface area contributed by atoms with Crippen LogP contribution in [0.25, 0.3) is 0 Å². The summed E-state index contributed by atoms with van der Waals surface area (Å²) in [6.07, 6.45) is 9.09. The molecule has 0 aromatic heterocycles. The van der Waals surface area contributed by atoms with E-state index in [1.807, 2.05) is 12.2 Å². The lowest BCUT2D eigenvalue weighted by molar-refractivity contribution is 0.143. The Hall–Kier alpha value is -1.08. The summed E-state index contributed by atoms with van der Waals surface area (Å²) in [5.74, 6) is 0. The van der Waals surface area contributed by atoms with Gasteiger partial charge in [0.1, 0.15) is 0 Å². The van der Waals surface area contributed by atoms with Gasteiger partial charge in [-0.15, -0.1) is 0 Å². The van der Waals surface area contributed by atoms with Crippen molar-refractivity contribution in [1.29, 1.82) is 0 Å². The molecule has 1 aliphatic rings. The third-order valence-corrected chi connectivity index (χ3v) is 3.01. The Morgan fingerprint density at radius 2 is 1.62 bits per heavy atom. The molecule has 0 radical (unpaired) electrons. The molecule has 88 valence electrons. The van der Waals surface area contributed by atoms with E-state index in [0.717, 1.165) is 19.5 Å². The molecule has 0 saturated carbocycles. The molecule has 0 aliphatic carbocycles. The molecule has 1 rings (SSSR count). The van der Waals surface area contributed by atoms with Gasteiger partial charge in [0.15, 0.2) is 0 Å². The second-order valence-electron chi connectivity index (χ2n) is 5.20. The molecule has 0 bridgehead atoms. The van der Waals surface area contributed by atoms with Crippen LogP contribution in [-0.2, 0) is 0 Å². The van der Waals surface area contributed by atoms with E-state index in [9.17, 15) is 0 Å². The van der Waals surface area contributed by atoms with Crippen molar-refractivity contribution in [1.82, 2.24) is 4.90 Å². The second-order valence-corrected chi connectivity index (χ2v) is 5.20. The van der Waals surface area contributed by atoms with Gasteiger partial charge in [-0.05, 0) is 38.3 Å². The van der Waals surface area contributed by atoms with Gasteiger partial charge in [0.2, 0.25) is 0 Å². The Kier molecular flexibility index (Phi) is 4.31. The summed E-state index contributed by atoms with van der Waals surface area (Å²) in [6.45, 7) is 16.5. The zero-order chi connectivity index (χ0) is 12.2. The Morgan fingerprint density at radius 3 is 2.12 bits per heavy atom. The fourth-order valence-electron chi connectivity index (χ4n) is 2.01. The minimum Gasteiger partial charge on any atom is -0.294 e. The maximum absolute atomic E-state index is 3.79. The average molecular weight is 217 g/mol. The lowest BCUT2D eigenvalue weighted by atomic mass is 9.93. The Labute approximate surface area is 99.8 Å². The molecule has 0 N–H and O–H groups in total. The maximum Gasteiger partial charge on any atom is 0.0241 e. The van der Waals surface area contributed by atoms with Gasteiger partial charge >= 0.3 is 0 Å². The van der Waals surface area contributed by atoms with Crippen molar-refractivity contribution < 1.29 is 0 Å². The van der Waals surface area contributed by atoms with Gasteiger partial charge in [-0.1, -0.05) is 37.5 Å². The zero-order valence-electron chi connectivity index (χ0n) is 10.8. The molecular formula is C15H23N. The Bertz CT molecular complexity index is 326. The fraction of sp³-hybridized carbons (Fsp3) is 0.467. The van der Waals surface area contributed by atoms with Crippen LogP contribution in [-0.4, -0.2) is 23.5 Å². The minimum absolute atomic E-state index is 0.236. The number of nitrogens with zero attached hydrogens (tertiary/aromatic N) is 1. The molecule has 0 amide bonds. The normalized spacial score (nSPS) is 23.7. The van der Waals surface area contributed by atoms with E-state index >= 15 is 0 Å². The predicted molar refractivity (Wildman–Crippen MR) is 72.5 cm³/mol. The van der Waals surface area contributed by atoms with Crippen molar-refractivity contribution in [3.63, 3.8) is 0 Å². The molecule has 1 aliphatic heterocycles. The van der Waals surface area contributed by atoms with E-state index in [2.05, 4.69) is 51.0 Å². The summed E-state index contributed by atoms with van der Waals surface area (Å²) in [6, 6.07) is 0. The molecular weight excluding hydrogens is 194 g/mol. The van der Waals surface area contributed by atoms with Crippen LogP contribution in [0.5, 0.6) is 0 Å². The summed E-state index contributed by atoms with van der Waals surface area (Å²) in [7, 11) is 0. The molecule has 0 aromatic carbocycles. The van der Waals surface area contributed by atoms with Crippen LogP contribution in [0.3, 0.4) is 0 Å². The van der Waals surface area contributed by atoms with Crippen molar-refractivity contribution in [3.8, 4) is 0 Å². The molecule has 0 atom stereocenters. The molecule has 1 heterocycles. The van der Waals surface area contributed by atoms with Gasteiger partial charge in [0.05, 0.1) is 0 Å². The third-order valence-electron chi connectivity index (χ3n) is 3.01. The van der Waals surface area contributed by atoms with Crippen LogP contribution < -0.4 is 0 Å². The second kappa shape index (κ2) is 5.31. The summed E-state index contributed by atoms with van der Waals surface area (Å²) >= 11 is 0. The Balaban J connectivity index is 2.89.